The van der Waals surface area contributed by atoms with Crippen LogP contribution in [0.3, 0.4) is 0 Å². The molecule has 9 heteroatoms. The number of carbonyl (C=O) groups excluding carboxylic acids is 1. The Kier molecular flexibility index (Phi) is 5.53. The van der Waals surface area contributed by atoms with E-state index in [4.69, 9.17) is 0 Å². The lowest BCUT2D eigenvalue weighted by Gasteiger charge is -2.10. The minimum Gasteiger partial charge on any atom is -0.322 e. The summed E-state index contributed by atoms with van der Waals surface area (Å²) in [5.74, 6) is 0.286. The second-order valence-corrected chi connectivity index (χ2v) is 9.00. The van der Waals surface area contributed by atoms with Gasteiger partial charge < -0.3 is 5.32 Å². The highest BCUT2D eigenvalue weighted by Crippen LogP contribution is 2.21. The Morgan fingerprint density at radius 3 is 2.39 bits per heavy atom. The van der Waals surface area contributed by atoms with Crippen LogP contribution in [-0.2, 0) is 10.0 Å². The van der Waals surface area contributed by atoms with Crippen LogP contribution in [0.2, 0.25) is 0 Å². The van der Waals surface area contributed by atoms with Gasteiger partial charge in [0.2, 0.25) is 15.8 Å². The number of carbonyl (C=O) groups is 1. The van der Waals surface area contributed by atoms with Crippen molar-refractivity contribution in [2.45, 2.75) is 24.8 Å². The fraction of sp³-hybridized carbons (Fsp3) is 0.136. The van der Waals surface area contributed by atoms with Gasteiger partial charge in [-0.15, -0.1) is 0 Å². The van der Waals surface area contributed by atoms with Gasteiger partial charge in [-0.25, -0.2) is 23.1 Å². The van der Waals surface area contributed by atoms with Gasteiger partial charge in [0.25, 0.3) is 5.91 Å². The normalized spacial score (nSPS) is 11.7. The zero-order chi connectivity index (χ0) is 22.0. The molecule has 4 aromatic rings. The van der Waals surface area contributed by atoms with E-state index >= 15 is 0 Å². The number of benzene rings is 2. The minimum absolute atomic E-state index is 0.115. The molecule has 31 heavy (non-hydrogen) atoms. The summed E-state index contributed by atoms with van der Waals surface area (Å²) in [4.78, 5) is 21.3. The van der Waals surface area contributed by atoms with Crippen LogP contribution in [0.5, 0.6) is 0 Å². The summed E-state index contributed by atoms with van der Waals surface area (Å²) in [6.07, 6.45) is 5.45. The molecule has 0 aliphatic carbocycles. The van der Waals surface area contributed by atoms with Crippen LogP contribution in [0.15, 0.2) is 78.1 Å². The number of imidazole rings is 1. The highest BCUT2D eigenvalue weighted by atomic mass is 32.2. The van der Waals surface area contributed by atoms with Crippen molar-refractivity contribution in [1.29, 1.82) is 0 Å². The van der Waals surface area contributed by atoms with E-state index in [2.05, 4.69) is 20.0 Å². The average Bonchev–Trinajstić information content (AvgIpc) is 3.18. The van der Waals surface area contributed by atoms with Gasteiger partial charge in [-0.05, 0) is 56.3 Å². The van der Waals surface area contributed by atoms with Gasteiger partial charge in [-0.3, -0.25) is 9.20 Å². The first kappa shape index (κ1) is 20.7. The molecule has 0 aliphatic heterocycles. The Balaban J connectivity index is 1.46. The highest BCUT2D eigenvalue weighted by molar-refractivity contribution is 7.89. The monoisotopic (exact) mass is 435 g/mol. The Hall–Kier alpha value is -3.56. The van der Waals surface area contributed by atoms with Crippen LogP contribution in [0, 0.1) is 0 Å². The van der Waals surface area contributed by atoms with E-state index in [0.29, 0.717) is 17.0 Å². The maximum Gasteiger partial charge on any atom is 0.255 e. The molecule has 0 fully saturated rings. The maximum absolute atomic E-state index is 12.5. The lowest BCUT2D eigenvalue weighted by atomic mass is 10.1. The number of hydrogen-bond acceptors (Lipinski definition) is 5. The molecule has 1 amide bonds. The van der Waals surface area contributed by atoms with Gasteiger partial charge in [-0.1, -0.05) is 12.1 Å². The summed E-state index contributed by atoms with van der Waals surface area (Å²) in [5.41, 5.74) is 2.66. The van der Waals surface area contributed by atoms with Gasteiger partial charge in [0.05, 0.1) is 10.6 Å². The van der Waals surface area contributed by atoms with E-state index in [1.54, 1.807) is 32.2 Å². The highest BCUT2D eigenvalue weighted by Gasteiger charge is 2.16. The van der Waals surface area contributed by atoms with Crippen LogP contribution in [-0.4, -0.2) is 34.7 Å². The lowest BCUT2D eigenvalue weighted by Crippen LogP contribution is -2.30. The quantitative estimate of drug-likeness (QED) is 0.483. The molecule has 2 N–H and O–H groups in total. The van der Waals surface area contributed by atoms with Crippen molar-refractivity contribution in [3.8, 4) is 11.3 Å². The molecule has 2 aromatic carbocycles. The molecule has 0 unspecified atom stereocenters. The minimum atomic E-state index is -3.60. The maximum atomic E-state index is 12.5. The van der Waals surface area contributed by atoms with Gasteiger partial charge in [-0.2, -0.15) is 0 Å². The topological polar surface area (TPSA) is 105 Å². The van der Waals surface area contributed by atoms with Crippen LogP contribution < -0.4 is 10.0 Å². The molecule has 0 radical (unpaired) electrons. The SMILES string of the molecule is CC(C)NS(=O)(=O)c1ccc(C(=O)Nc2ccc(-c3cn4cccnc4n3)cc2)cc1. The van der Waals surface area contributed by atoms with E-state index in [1.165, 1.54) is 24.3 Å². The number of fused-ring (bicyclic) bond motifs is 1. The number of anilines is 1. The lowest BCUT2D eigenvalue weighted by molar-refractivity contribution is 0.102. The zero-order valence-electron chi connectivity index (χ0n) is 17.0. The van der Waals surface area contributed by atoms with Crippen LogP contribution in [0.4, 0.5) is 5.69 Å². The molecule has 0 atom stereocenters. The third kappa shape index (κ3) is 4.62. The van der Waals surface area contributed by atoms with Crippen LogP contribution >= 0.6 is 0 Å². The van der Waals surface area contributed by atoms with Crippen molar-refractivity contribution in [3.63, 3.8) is 0 Å². The molecule has 2 aromatic heterocycles. The Labute approximate surface area is 180 Å². The fourth-order valence-corrected chi connectivity index (χ4v) is 4.31. The Bertz CT molecular complexity index is 1290. The van der Waals surface area contributed by atoms with E-state index in [1.807, 2.05) is 35.0 Å². The van der Waals surface area contributed by atoms with E-state index in [0.717, 1.165) is 11.3 Å². The number of nitrogens with zero attached hydrogens (tertiary/aromatic N) is 3. The molecule has 0 spiro atoms. The molecule has 0 bridgehead atoms. The molecule has 4 rings (SSSR count). The molecule has 158 valence electrons. The first-order chi connectivity index (χ1) is 14.8. The van der Waals surface area contributed by atoms with Crippen molar-refractivity contribution in [2.24, 2.45) is 0 Å². The van der Waals surface area contributed by atoms with Crippen molar-refractivity contribution >= 4 is 27.4 Å². The number of hydrogen-bond donors (Lipinski definition) is 2. The largest absolute Gasteiger partial charge is 0.322 e. The predicted octanol–water partition coefficient (Wildman–Crippen LogP) is 3.34. The molecule has 2 heterocycles. The Morgan fingerprint density at radius 1 is 1.03 bits per heavy atom. The van der Waals surface area contributed by atoms with Gasteiger partial charge in [0, 0.05) is 41.4 Å². The van der Waals surface area contributed by atoms with Crippen LogP contribution in [0.25, 0.3) is 17.0 Å². The third-order valence-corrected chi connectivity index (χ3v) is 6.17. The molecule has 0 saturated carbocycles. The molecular weight excluding hydrogens is 414 g/mol. The van der Waals surface area contributed by atoms with Crippen LogP contribution in [0.1, 0.15) is 24.2 Å². The predicted molar refractivity (Wildman–Crippen MR) is 118 cm³/mol. The second kappa shape index (κ2) is 8.29. The summed E-state index contributed by atoms with van der Waals surface area (Å²) in [7, 11) is -3.60. The Morgan fingerprint density at radius 2 is 1.74 bits per heavy atom. The van der Waals surface area contributed by atoms with Crippen molar-refractivity contribution in [1.82, 2.24) is 19.1 Å². The summed E-state index contributed by atoms with van der Waals surface area (Å²) in [5, 5.41) is 2.81. The summed E-state index contributed by atoms with van der Waals surface area (Å²) in [6.45, 7) is 3.49. The van der Waals surface area contributed by atoms with Crippen molar-refractivity contribution in [2.75, 3.05) is 5.32 Å². The molecule has 0 aliphatic rings. The number of sulfonamides is 1. The molecular formula is C22H21N5O3S. The zero-order valence-corrected chi connectivity index (χ0v) is 17.8. The third-order valence-electron chi connectivity index (χ3n) is 4.49. The molecule has 0 saturated heterocycles. The van der Waals surface area contributed by atoms with Gasteiger partial charge >= 0.3 is 0 Å². The summed E-state index contributed by atoms with van der Waals surface area (Å²) >= 11 is 0. The van der Waals surface area contributed by atoms with Gasteiger partial charge in [0.1, 0.15) is 0 Å². The smallest absolute Gasteiger partial charge is 0.255 e. The van der Waals surface area contributed by atoms with Crippen molar-refractivity contribution in [3.05, 3.63) is 78.8 Å². The number of aromatic nitrogens is 3. The average molecular weight is 436 g/mol. The first-order valence-electron chi connectivity index (χ1n) is 9.66. The van der Waals surface area contributed by atoms with Gasteiger partial charge in [0.15, 0.2) is 0 Å². The first-order valence-corrected chi connectivity index (χ1v) is 11.1. The van der Waals surface area contributed by atoms with E-state index in [9.17, 15) is 13.2 Å². The summed E-state index contributed by atoms with van der Waals surface area (Å²) in [6, 6.07) is 14.7. The standard InChI is InChI=1S/C22H21N5O3S/c1-15(2)26-31(29,30)19-10-6-17(7-11-19)21(28)24-18-8-4-16(5-9-18)20-14-27-13-3-12-23-22(27)25-20/h3-15,26H,1-2H3,(H,24,28). The van der Waals surface area contributed by atoms with E-state index in [-0.39, 0.29) is 16.8 Å². The van der Waals surface area contributed by atoms with E-state index < -0.39 is 10.0 Å². The molecule has 8 nitrogen and oxygen atoms in total. The van der Waals surface area contributed by atoms with Crippen molar-refractivity contribution < 1.29 is 13.2 Å². The number of nitrogens with one attached hydrogen (secondary N) is 2. The number of amides is 1. The number of rotatable bonds is 6. The summed E-state index contributed by atoms with van der Waals surface area (Å²) < 4.78 is 28.7. The second-order valence-electron chi connectivity index (χ2n) is 7.28. The fourth-order valence-electron chi connectivity index (χ4n) is 3.06.